The molecule has 0 unspecified atom stereocenters. The van der Waals surface area contributed by atoms with Gasteiger partial charge in [0.15, 0.2) is 5.82 Å². The van der Waals surface area contributed by atoms with E-state index in [-0.39, 0.29) is 5.82 Å². The van der Waals surface area contributed by atoms with E-state index in [1.807, 2.05) is 31.2 Å². The fraction of sp³-hybridized carbons (Fsp3) is 0.133. The summed E-state index contributed by atoms with van der Waals surface area (Å²) in [5, 5.41) is 11.6. The van der Waals surface area contributed by atoms with Crippen molar-refractivity contribution < 1.29 is 4.39 Å². The Morgan fingerprint density at radius 1 is 1.19 bits per heavy atom. The molecule has 0 fully saturated rings. The van der Waals surface area contributed by atoms with E-state index in [0.717, 1.165) is 11.1 Å². The van der Waals surface area contributed by atoms with Gasteiger partial charge in [-0.05, 0) is 46.7 Å². The number of benzene rings is 2. The third kappa shape index (κ3) is 2.60. The van der Waals surface area contributed by atoms with Crippen LogP contribution >= 0.6 is 0 Å². The maximum Gasteiger partial charge on any atom is 0.184 e. The summed E-state index contributed by atoms with van der Waals surface area (Å²) in [6.45, 7) is 2.53. The van der Waals surface area contributed by atoms with E-state index < -0.39 is 0 Å². The van der Waals surface area contributed by atoms with Gasteiger partial charge in [0.2, 0.25) is 0 Å². The number of aromatic nitrogens is 4. The van der Waals surface area contributed by atoms with Crippen LogP contribution in [0.25, 0.3) is 11.4 Å². The molecule has 2 N–H and O–H groups in total. The number of rotatable bonds is 3. The minimum absolute atomic E-state index is 0.371. The zero-order valence-corrected chi connectivity index (χ0v) is 11.5. The molecule has 106 valence electrons. The van der Waals surface area contributed by atoms with E-state index in [1.54, 1.807) is 4.68 Å². The topological polar surface area (TPSA) is 69.6 Å². The quantitative estimate of drug-likeness (QED) is 0.749. The van der Waals surface area contributed by atoms with Crippen molar-refractivity contribution in [2.45, 2.75) is 13.5 Å². The molecule has 0 atom stereocenters. The molecular formula is C15H14FN5. The highest BCUT2D eigenvalue weighted by Crippen LogP contribution is 2.25. The second kappa shape index (κ2) is 5.32. The highest BCUT2D eigenvalue weighted by molar-refractivity contribution is 5.71. The van der Waals surface area contributed by atoms with E-state index in [9.17, 15) is 4.39 Å². The first-order valence-electron chi connectivity index (χ1n) is 6.51. The van der Waals surface area contributed by atoms with E-state index in [0.29, 0.717) is 23.6 Å². The first kappa shape index (κ1) is 13.2. The highest BCUT2D eigenvalue weighted by Gasteiger charge is 2.13. The normalized spacial score (nSPS) is 10.8. The van der Waals surface area contributed by atoms with Crippen LogP contribution in [0.15, 0.2) is 42.5 Å². The van der Waals surface area contributed by atoms with E-state index in [4.69, 9.17) is 5.73 Å². The van der Waals surface area contributed by atoms with Crippen molar-refractivity contribution in [3.8, 4) is 11.4 Å². The summed E-state index contributed by atoms with van der Waals surface area (Å²) in [5.74, 6) is 0.0832. The smallest absolute Gasteiger partial charge is 0.184 e. The second-order valence-corrected chi connectivity index (χ2v) is 4.82. The summed E-state index contributed by atoms with van der Waals surface area (Å²) < 4.78 is 15.0. The highest BCUT2D eigenvalue weighted by atomic mass is 19.1. The molecule has 5 nitrogen and oxygen atoms in total. The Bertz CT molecular complexity index is 781. The van der Waals surface area contributed by atoms with Crippen LogP contribution < -0.4 is 5.73 Å². The van der Waals surface area contributed by atoms with Crippen molar-refractivity contribution >= 4 is 5.69 Å². The lowest BCUT2D eigenvalue weighted by Crippen LogP contribution is -2.06. The van der Waals surface area contributed by atoms with Gasteiger partial charge in [-0.3, -0.25) is 0 Å². The van der Waals surface area contributed by atoms with Gasteiger partial charge in [0.05, 0.1) is 6.54 Å². The maximum atomic E-state index is 13.4. The standard InChI is InChI=1S/C15H14FN5/c1-10-4-2-3-5-11(10)9-21-15(18-19-20-21)13-8-12(16)6-7-14(13)17/h2-8H,9,17H2,1H3. The lowest BCUT2D eigenvalue weighted by molar-refractivity contribution is 0.627. The molecule has 1 heterocycles. The lowest BCUT2D eigenvalue weighted by atomic mass is 10.1. The van der Waals surface area contributed by atoms with Crippen molar-refractivity contribution in [1.82, 2.24) is 20.2 Å². The predicted molar refractivity (Wildman–Crippen MR) is 77.9 cm³/mol. The monoisotopic (exact) mass is 283 g/mol. The van der Waals surface area contributed by atoms with Gasteiger partial charge in [-0.25, -0.2) is 9.07 Å². The number of hydrogen-bond donors (Lipinski definition) is 1. The molecule has 1 aromatic heterocycles. The third-order valence-corrected chi connectivity index (χ3v) is 3.37. The van der Waals surface area contributed by atoms with Crippen LogP contribution in [0.1, 0.15) is 11.1 Å². The molecule has 2 aromatic carbocycles. The Hall–Kier alpha value is -2.76. The van der Waals surface area contributed by atoms with Gasteiger partial charge in [-0.2, -0.15) is 0 Å². The number of anilines is 1. The summed E-state index contributed by atoms with van der Waals surface area (Å²) >= 11 is 0. The molecule has 3 rings (SSSR count). The zero-order chi connectivity index (χ0) is 14.8. The van der Waals surface area contributed by atoms with Crippen LogP contribution in [-0.2, 0) is 6.54 Å². The summed E-state index contributed by atoms with van der Waals surface area (Å²) in [4.78, 5) is 0. The summed E-state index contributed by atoms with van der Waals surface area (Å²) in [5.41, 5.74) is 9.08. The summed E-state index contributed by atoms with van der Waals surface area (Å²) in [6, 6.07) is 12.1. The maximum absolute atomic E-state index is 13.4. The molecule has 0 saturated carbocycles. The Morgan fingerprint density at radius 3 is 2.81 bits per heavy atom. The molecule has 0 aliphatic heterocycles. The van der Waals surface area contributed by atoms with Gasteiger partial charge in [-0.15, -0.1) is 5.10 Å². The van der Waals surface area contributed by atoms with Crippen LogP contribution in [-0.4, -0.2) is 20.2 Å². The Morgan fingerprint density at radius 2 is 2.00 bits per heavy atom. The Labute approximate surface area is 121 Å². The largest absolute Gasteiger partial charge is 0.398 e. The molecule has 6 heteroatoms. The van der Waals surface area contributed by atoms with Gasteiger partial charge < -0.3 is 5.73 Å². The number of tetrazole rings is 1. The summed E-state index contributed by atoms with van der Waals surface area (Å²) in [7, 11) is 0. The van der Waals surface area contributed by atoms with Gasteiger partial charge in [0.25, 0.3) is 0 Å². The second-order valence-electron chi connectivity index (χ2n) is 4.82. The Balaban J connectivity index is 2.02. The average Bonchev–Trinajstić information content (AvgIpc) is 2.92. The molecule has 3 aromatic rings. The number of nitrogens with two attached hydrogens (primary N) is 1. The zero-order valence-electron chi connectivity index (χ0n) is 11.5. The molecular weight excluding hydrogens is 269 g/mol. The number of hydrogen-bond acceptors (Lipinski definition) is 4. The van der Waals surface area contributed by atoms with E-state index in [1.165, 1.54) is 18.2 Å². The minimum atomic E-state index is -0.371. The molecule has 21 heavy (non-hydrogen) atoms. The predicted octanol–water partition coefficient (Wildman–Crippen LogP) is 2.42. The first-order chi connectivity index (χ1) is 10.1. The number of nitrogens with zero attached hydrogens (tertiary/aromatic N) is 4. The van der Waals surface area contributed by atoms with E-state index >= 15 is 0 Å². The van der Waals surface area contributed by atoms with Crippen molar-refractivity contribution in [3.63, 3.8) is 0 Å². The lowest BCUT2D eigenvalue weighted by Gasteiger charge is -2.09. The third-order valence-electron chi connectivity index (χ3n) is 3.37. The van der Waals surface area contributed by atoms with Crippen LogP contribution in [0, 0.1) is 12.7 Å². The van der Waals surface area contributed by atoms with Crippen LogP contribution in [0.3, 0.4) is 0 Å². The average molecular weight is 283 g/mol. The fourth-order valence-electron chi connectivity index (χ4n) is 2.18. The first-order valence-corrected chi connectivity index (χ1v) is 6.51. The van der Waals surface area contributed by atoms with Gasteiger partial charge in [-0.1, -0.05) is 24.3 Å². The van der Waals surface area contributed by atoms with Crippen molar-refractivity contribution in [3.05, 3.63) is 59.4 Å². The van der Waals surface area contributed by atoms with Crippen molar-refractivity contribution in [2.75, 3.05) is 5.73 Å². The summed E-state index contributed by atoms with van der Waals surface area (Å²) in [6.07, 6.45) is 0. The molecule has 0 aliphatic carbocycles. The van der Waals surface area contributed by atoms with Gasteiger partial charge in [0, 0.05) is 11.3 Å². The molecule has 0 bridgehead atoms. The van der Waals surface area contributed by atoms with Crippen molar-refractivity contribution in [2.24, 2.45) is 0 Å². The van der Waals surface area contributed by atoms with Gasteiger partial charge >= 0.3 is 0 Å². The Kier molecular flexibility index (Phi) is 3.35. The van der Waals surface area contributed by atoms with Crippen LogP contribution in [0.5, 0.6) is 0 Å². The minimum Gasteiger partial charge on any atom is -0.398 e. The molecule has 0 saturated heterocycles. The number of halogens is 1. The van der Waals surface area contributed by atoms with E-state index in [2.05, 4.69) is 15.5 Å². The van der Waals surface area contributed by atoms with Gasteiger partial charge in [0.1, 0.15) is 5.82 Å². The molecule has 0 amide bonds. The molecule has 0 aliphatic rings. The van der Waals surface area contributed by atoms with Crippen LogP contribution in [0.4, 0.5) is 10.1 Å². The van der Waals surface area contributed by atoms with Crippen LogP contribution in [0.2, 0.25) is 0 Å². The number of aryl methyl sites for hydroxylation is 1. The van der Waals surface area contributed by atoms with Crippen molar-refractivity contribution in [1.29, 1.82) is 0 Å². The molecule has 0 spiro atoms. The number of nitrogen functional groups attached to an aromatic ring is 1. The molecule has 0 radical (unpaired) electrons. The SMILES string of the molecule is Cc1ccccc1Cn1nnnc1-c1cc(F)ccc1N. The fourth-order valence-corrected chi connectivity index (χ4v) is 2.18.